The van der Waals surface area contributed by atoms with Crippen LogP contribution in [0.5, 0.6) is 0 Å². The van der Waals surface area contributed by atoms with E-state index in [1.807, 2.05) is 6.07 Å². The highest BCUT2D eigenvalue weighted by Crippen LogP contribution is 2.34. The van der Waals surface area contributed by atoms with Gasteiger partial charge in [0.25, 0.3) is 0 Å². The van der Waals surface area contributed by atoms with E-state index in [0.29, 0.717) is 26.7 Å². The zero-order chi connectivity index (χ0) is 18.6. The van der Waals surface area contributed by atoms with Crippen LogP contribution in [-0.4, -0.2) is 10.9 Å². The molecular formula is C22H16Cl2O2. The predicted octanol–water partition coefficient (Wildman–Crippen LogP) is 5.67. The van der Waals surface area contributed by atoms with E-state index in [-0.39, 0.29) is 5.78 Å². The predicted molar refractivity (Wildman–Crippen MR) is 106 cm³/mol. The number of benzene rings is 3. The molecule has 0 saturated heterocycles. The summed E-state index contributed by atoms with van der Waals surface area (Å²) in [5.74, 6) is -0.201. The Kier molecular flexibility index (Phi) is 5.58. The van der Waals surface area contributed by atoms with E-state index >= 15 is 0 Å². The van der Waals surface area contributed by atoms with Crippen LogP contribution in [0.1, 0.15) is 21.5 Å². The topological polar surface area (TPSA) is 37.3 Å². The van der Waals surface area contributed by atoms with Crippen molar-refractivity contribution in [2.45, 2.75) is 5.60 Å². The van der Waals surface area contributed by atoms with Gasteiger partial charge < -0.3 is 5.11 Å². The van der Waals surface area contributed by atoms with Crippen LogP contribution in [-0.2, 0) is 5.60 Å². The van der Waals surface area contributed by atoms with Gasteiger partial charge in [0.2, 0.25) is 0 Å². The Morgan fingerprint density at radius 1 is 0.808 bits per heavy atom. The molecule has 3 aromatic rings. The second-order valence-electron chi connectivity index (χ2n) is 5.85. The molecule has 0 aliphatic carbocycles. The first-order chi connectivity index (χ1) is 12.5. The number of rotatable bonds is 5. The van der Waals surface area contributed by atoms with Gasteiger partial charge in [-0.1, -0.05) is 77.8 Å². The molecule has 3 aromatic carbocycles. The van der Waals surface area contributed by atoms with Crippen LogP contribution in [0, 0.1) is 0 Å². The highest BCUT2D eigenvalue weighted by Gasteiger charge is 2.29. The maximum atomic E-state index is 12.4. The van der Waals surface area contributed by atoms with Crippen LogP contribution in [0.25, 0.3) is 0 Å². The SMILES string of the molecule is O=C(/C=C/C(O)(c1cccc(Cl)c1)c1cccc(Cl)c1)c1ccccc1. The van der Waals surface area contributed by atoms with E-state index in [2.05, 4.69) is 0 Å². The normalized spacial score (nSPS) is 11.7. The third kappa shape index (κ3) is 4.05. The Hall–Kier alpha value is -2.39. The number of hydrogen-bond acceptors (Lipinski definition) is 2. The summed E-state index contributed by atoms with van der Waals surface area (Å²) in [6, 6.07) is 22.7. The second kappa shape index (κ2) is 7.88. The van der Waals surface area contributed by atoms with E-state index in [1.54, 1.807) is 72.8 Å². The summed E-state index contributed by atoms with van der Waals surface area (Å²) in [5, 5.41) is 12.4. The van der Waals surface area contributed by atoms with E-state index in [0.717, 1.165) is 0 Å². The van der Waals surface area contributed by atoms with Crippen LogP contribution in [0.4, 0.5) is 0 Å². The molecule has 0 atom stereocenters. The van der Waals surface area contributed by atoms with Crippen molar-refractivity contribution >= 4 is 29.0 Å². The van der Waals surface area contributed by atoms with Gasteiger partial charge in [-0.05, 0) is 47.5 Å². The van der Waals surface area contributed by atoms with Gasteiger partial charge in [-0.15, -0.1) is 0 Å². The first-order valence-corrected chi connectivity index (χ1v) is 8.78. The van der Waals surface area contributed by atoms with Crippen LogP contribution in [0.3, 0.4) is 0 Å². The number of ketones is 1. The lowest BCUT2D eigenvalue weighted by atomic mass is 9.85. The summed E-state index contributed by atoms with van der Waals surface area (Å²) in [6.45, 7) is 0. The van der Waals surface area contributed by atoms with Gasteiger partial charge in [0.15, 0.2) is 5.78 Å². The summed E-state index contributed by atoms with van der Waals surface area (Å²) in [6.07, 6.45) is 2.84. The van der Waals surface area contributed by atoms with Crippen LogP contribution >= 0.6 is 23.2 Å². The van der Waals surface area contributed by atoms with E-state index in [4.69, 9.17) is 23.2 Å². The summed E-state index contributed by atoms with van der Waals surface area (Å²) in [7, 11) is 0. The molecule has 0 bridgehead atoms. The number of halogens is 2. The van der Waals surface area contributed by atoms with Gasteiger partial charge in [0, 0.05) is 15.6 Å². The van der Waals surface area contributed by atoms with Crippen molar-refractivity contribution < 1.29 is 9.90 Å². The Bertz CT molecular complexity index is 904. The molecule has 0 amide bonds. The summed E-state index contributed by atoms with van der Waals surface area (Å²) in [4.78, 5) is 12.4. The Balaban J connectivity index is 2.06. The zero-order valence-electron chi connectivity index (χ0n) is 13.8. The van der Waals surface area contributed by atoms with E-state index in [1.165, 1.54) is 12.2 Å². The number of allylic oxidation sites excluding steroid dienone is 1. The Morgan fingerprint density at radius 2 is 1.35 bits per heavy atom. The van der Waals surface area contributed by atoms with Crippen LogP contribution in [0.2, 0.25) is 10.0 Å². The van der Waals surface area contributed by atoms with Gasteiger partial charge in [0.05, 0.1) is 0 Å². The number of aliphatic hydroxyl groups is 1. The van der Waals surface area contributed by atoms with E-state index in [9.17, 15) is 9.90 Å². The highest BCUT2D eigenvalue weighted by atomic mass is 35.5. The molecule has 3 rings (SSSR count). The Morgan fingerprint density at radius 3 is 1.85 bits per heavy atom. The fraction of sp³-hybridized carbons (Fsp3) is 0.0455. The van der Waals surface area contributed by atoms with Gasteiger partial charge in [0.1, 0.15) is 5.60 Å². The van der Waals surface area contributed by atoms with Gasteiger partial charge in [-0.3, -0.25) is 4.79 Å². The van der Waals surface area contributed by atoms with Crippen molar-refractivity contribution in [1.29, 1.82) is 0 Å². The van der Waals surface area contributed by atoms with Gasteiger partial charge in [-0.2, -0.15) is 0 Å². The molecule has 0 aliphatic heterocycles. The highest BCUT2D eigenvalue weighted by molar-refractivity contribution is 6.31. The largest absolute Gasteiger partial charge is 0.377 e. The number of hydrogen-bond donors (Lipinski definition) is 1. The first-order valence-electron chi connectivity index (χ1n) is 8.02. The fourth-order valence-corrected chi connectivity index (χ4v) is 3.09. The standard InChI is InChI=1S/C22H16Cl2O2/c23-19-10-4-8-17(14-19)22(26,18-9-5-11-20(24)15-18)13-12-21(25)16-6-2-1-3-7-16/h1-15,26H/b13-12+. The maximum absolute atomic E-state index is 12.4. The lowest BCUT2D eigenvalue weighted by Crippen LogP contribution is -2.25. The minimum absolute atomic E-state index is 0.201. The molecule has 130 valence electrons. The molecule has 0 saturated carbocycles. The molecule has 0 spiro atoms. The molecular weight excluding hydrogens is 367 g/mol. The van der Waals surface area contributed by atoms with Crippen molar-refractivity contribution in [3.63, 3.8) is 0 Å². The lowest BCUT2D eigenvalue weighted by Gasteiger charge is -2.26. The van der Waals surface area contributed by atoms with Crippen molar-refractivity contribution in [1.82, 2.24) is 0 Å². The smallest absolute Gasteiger partial charge is 0.185 e. The molecule has 0 unspecified atom stereocenters. The molecule has 2 nitrogen and oxygen atoms in total. The quantitative estimate of drug-likeness (QED) is 0.455. The molecule has 4 heteroatoms. The molecule has 0 aliphatic rings. The monoisotopic (exact) mass is 382 g/mol. The van der Waals surface area contributed by atoms with Crippen molar-refractivity contribution in [3.8, 4) is 0 Å². The number of carbonyl (C=O) groups excluding carboxylic acids is 1. The third-order valence-corrected chi connectivity index (χ3v) is 4.53. The lowest BCUT2D eigenvalue weighted by molar-refractivity contribution is 0.103. The second-order valence-corrected chi connectivity index (χ2v) is 6.72. The first kappa shape index (κ1) is 18.4. The van der Waals surface area contributed by atoms with Crippen molar-refractivity contribution in [2.75, 3.05) is 0 Å². The summed E-state index contributed by atoms with van der Waals surface area (Å²) < 4.78 is 0. The van der Waals surface area contributed by atoms with Crippen molar-refractivity contribution in [2.24, 2.45) is 0 Å². The van der Waals surface area contributed by atoms with Crippen LogP contribution < -0.4 is 0 Å². The molecule has 0 aromatic heterocycles. The molecule has 1 N–H and O–H groups in total. The third-order valence-electron chi connectivity index (χ3n) is 4.06. The minimum atomic E-state index is -1.54. The fourth-order valence-electron chi connectivity index (χ4n) is 2.71. The molecule has 0 fully saturated rings. The van der Waals surface area contributed by atoms with E-state index < -0.39 is 5.60 Å². The average Bonchev–Trinajstić information content (AvgIpc) is 2.66. The maximum Gasteiger partial charge on any atom is 0.185 e. The zero-order valence-corrected chi connectivity index (χ0v) is 15.3. The Labute approximate surface area is 162 Å². The summed E-state index contributed by atoms with van der Waals surface area (Å²) in [5.41, 5.74) is 0.0947. The minimum Gasteiger partial charge on any atom is -0.377 e. The van der Waals surface area contributed by atoms with Crippen molar-refractivity contribution in [3.05, 3.63) is 118 Å². The number of carbonyl (C=O) groups is 1. The van der Waals surface area contributed by atoms with Crippen LogP contribution in [0.15, 0.2) is 91.0 Å². The van der Waals surface area contributed by atoms with Gasteiger partial charge in [-0.25, -0.2) is 0 Å². The molecule has 26 heavy (non-hydrogen) atoms. The molecule has 0 heterocycles. The van der Waals surface area contributed by atoms with Gasteiger partial charge >= 0.3 is 0 Å². The summed E-state index contributed by atoms with van der Waals surface area (Å²) >= 11 is 12.2. The average molecular weight is 383 g/mol. The molecule has 0 radical (unpaired) electrons.